The van der Waals surface area contributed by atoms with Gasteiger partial charge in [0.1, 0.15) is 23.4 Å². The molecule has 2 aliphatic heterocycles. The van der Waals surface area contributed by atoms with Gasteiger partial charge in [0.2, 0.25) is 0 Å². The minimum atomic E-state index is -1.71. The summed E-state index contributed by atoms with van der Waals surface area (Å²) < 4.78 is 6.48. The molecule has 7 heteroatoms. The summed E-state index contributed by atoms with van der Waals surface area (Å²) in [5.74, 6) is 1.53. The van der Waals surface area contributed by atoms with Gasteiger partial charge in [0.15, 0.2) is 8.32 Å². The first kappa shape index (κ1) is 17.1. The Bertz CT molecular complexity index is 545. The number of nitrogens with two attached hydrogens (primary N) is 1. The molecule has 0 radical (unpaired) electrons. The number of likely N-dealkylation sites (tertiary alicyclic amines) is 1. The van der Waals surface area contributed by atoms with Gasteiger partial charge in [-0.3, -0.25) is 0 Å². The highest BCUT2D eigenvalue weighted by Crippen LogP contribution is 2.40. The Morgan fingerprint density at radius 1 is 1.26 bits per heavy atom. The second-order valence-corrected chi connectivity index (χ2v) is 13.6. The van der Waals surface area contributed by atoms with Crippen LogP contribution in [-0.4, -0.2) is 55.9 Å². The van der Waals surface area contributed by atoms with Crippen LogP contribution in [0, 0.1) is 0 Å². The van der Waals surface area contributed by atoms with Gasteiger partial charge in [-0.1, -0.05) is 32.4 Å². The summed E-state index contributed by atoms with van der Waals surface area (Å²) in [5.41, 5.74) is 5.94. The second-order valence-electron chi connectivity index (χ2n) is 8.43. The first-order valence-electron chi connectivity index (χ1n) is 8.49. The molecular formula is C16H29ClN4OSi. The molecule has 1 aliphatic carbocycles. The van der Waals surface area contributed by atoms with Crippen molar-refractivity contribution in [3.8, 4) is 0 Å². The zero-order chi connectivity index (χ0) is 17.0. The van der Waals surface area contributed by atoms with Crippen LogP contribution in [-0.2, 0) is 4.43 Å². The normalized spacial score (nSPS) is 24.0. The van der Waals surface area contributed by atoms with Gasteiger partial charge in [-0.15, -0.1) is 0 Å². The summed E-state index contributed by atoms with van der Waals surface area (Å²) >= 11 is 6.47. The third-order valence-electron chi connectivity index (χ3n) is 5.49. The van der Waals surface area contributed by atoms with E-state index in [1.54, 1.807) is 0 Å². The molecule has 0 atom stereocenters. The van der Waals surface area contributed by atoms with Crippen molar-refractivity contribution in [1.82, 2.24) is 9.80 Å². The third kappa shape index (κ3) is 3.26. The highest BCUT2D eigenvalue weighted by molar-refractivity contribution is 6.74. The molecular weight excluding hydrogens is 328 g/mol. The average molecular weight is 357 g/mol. The maximum Gasteiger partial charge on any atom is 0.192 e. The van der Waals surface area contributed by atoms with Crippen LogP contribution in [0.5, 0.6) is 0 Å². The molecule has 23 heavy (non-hydrogen) atoms. The molecule has 1 saturated carbocycles. The van der Waals surface area contributed by atoms with E-state index in [4.69, 9.17) is 21.8 Å². The first-order chi connectivity index (χ1) is 10.6. The first-order valence-corrected chi connectivity index (χ1v) is 11.8. The fraction of sp³-hybridized carbons (Fsp3) is 0.812. The zero-order valence-electron chi connectivity index (χ0n) is 14.9. The van der Waals surface area contributed by atoms with Crippen molar-refractivity contribution in [3.05, 3.63) is 10.9 Å². The molecule has 0 unspecified atom stereocenters. The minimum absolute atomic E-state index is 0.242. The topological polar surface area (TPSA) is 54.1 Å². The second kappa shape index (κ2) is 5.67. The molecule has 2 fully saturated rings. The van der Waals surface area contributed by atoms with Crippen LogP contribution in [0.3, 0.4) is 0 Å². The maximum atomic E-state index is 6.48. The van der Waals surface area contributed by atoms with Crippen LogP contribution < -0.4 is 5.73 Å². The standard InChI is InChI=1S/C16H29ClN4OSi/c1-16(2,3)23(4,5)22-12-8-20(9-12)15-13(17)14(18)19-10-21(15)11-6-7-11/h11-12H,6-10H2,1-5H3,(H2,18,19). The summed E-state index contributed by atoms with van der Waals surface area (Å²) in [4.78, 5) is 8.95. The summed E-state index contributed by atoms with van der Waals surface area (Å²) in [6, 6.07) is 0.580. The lowest BCUT2D eigenvalue weighted by Crippen LogP contribution is -2.59. The van der Waals surface area contributed by atoms with Crippen molar-refractivity contribution < 1.29 is 4.43 Å². The molecule has 0 amide bonds. The molecule has 0 aromatic heterocycles. The van der Waals surface area contributed by atoms with Gasteiger partial charge in [0.25, 0.3) is 0 Å². The summed E-state index contributed by atoms with van der Waals surface area (Å²) in [7, 11) is -1.71. The van der Waals surface area contributed by atoms with Gasteiger partial charge < -0.3 is 20.0 Å². The predicted molar refractivity (Wildman–Crippen MR) is 97.9 cm³/mol. The molecule has 0 aromatic rings. The maximum absolute atomic E-state index is 6.48. The molecule has 2 N–H and O–H groups in total. The van der Waals surface area contributed by atoms with E-state index in [1.165, 1.54) is 12.8 Å². The molecule has 130 valence electrons. The number of halogens is 1. The Balaban J connectivity index is 1.66. The highest BCUT2D eigenvalue weighted by Gasteiger charge is 2.44. The smallest absolute Gasteiger partial charge is 0.192 e. The minimum Gasteiger partial charge on any atom is -0.410 e. The van der Waals surface area contributed by atoms with Crippen LogP contribution in [0.2, 0.25) is 18.1 Å². The molecule has 0 aromatic carbocycles. The molecule has 2 heterocycles. The van der Waals surface area contributed by atoms with Crippen LogP contribution in [0.25, 0.3) is 0 Å². The van der Waals surface area contributed by atoms with E-state index in [1.807, 2.05) is 0 Å². The van der Waals surface area contributed by atoms with E-state index in [0.29, 0.717) is 29.7 Å². The van der Waals surface area contributed by atoms with E-state index in [0.717, 1.165) is 18.9 Å². The number of hydrogen-bond donors (Lipinski definition) is 1. The summed E-state index contributed by atoms with van der Waals surface area (Å²) in [5, 5.41) is 0.848. The molecule has 5 nitrogen and oxygen atoms in total. The van der Waals surface area contributed by atoms with Gasteiger partial charge in [-0.05, 0) is 31.0 Å². The molecule has 3 rings (SSSR count). The summed E-state index contributed by atoms with van der Waals surface area (Å²) in [6.45, 7) is 13.9. The number of aliphatic imine (C=N–C) groups is 1. The highest BCUT2D eigenvalue weighted by atomic mass is 35.5. The average Bonchev–Trinajstić information content (AvgIpc) is 3.20. The molecule has 0 bridgehead atoms. The number of rotatable bonds is 4. The van der Waals surface area contributed by atoms with Crippen molar-refractivity contribution in [2.24, 2.45) is 10.7 Å². The van der Waals surface area contributed by atoms with E-state index in [9.17, 15) is 0 Å². The van der Waals surface area contributed by atoms with Crippen molar-refractivity contribution in [2.75, 3.05) is 19.8 Å². The third-order valence-corrected chi connectivity index (χ3v) is 10.4. The fourth-order valence-corrected chi connectivity index (χ4v) is 4.43. The molecule has 3 aliphatic rings. The van der Waals surface area contributed by atoms with Crippen LogP contribution in [0.1, 0.15) is 33.6 Å². The number of amidine groups is 1. The Hall–Kier alpha value is -0.723. The van der Waals surface area contributed by atoms with Gasteiger partial charge in [0, 0.05) is 19.1 Å². The Morgan fingerprint density at radius 2 is 1.87 bits per heavy atom. The van der Waals surface area contributed by atoms with Gasteiger partial charge in [0.05, 0.1) is 6.10 Å². The lowest BCUT2D eigenvalue weighted by atomic mass is 10.1. The Labute approximate surface area is 145 Å². The summed E-state index contributed by atoms with van der Waals surface area (Å²) in [6.07, 6.45) is 2.75. The van der Waals surface area contributed by atoms with Gasteiger partial charge in [-0.25, -0.2) is 4.99 Å². The van der Waals surface area contributed by atoms with Gasteiger partial charge in [-0.2, -0.15) is 0 Å². The Kier molecular flexibility index (Phi) is 4.22. The van der Waals surface area contributed by atoms with E-state index in [2.05, 4.69) is 48.7 Å². The van der Waals surface area contributed by atoms with E-state index >= 15 is 0 Å². The van der Waals surface area contributed by atoms with Crippen molar-refractivity contribution in [2.45, 2.75) is 63.9 Å². The number of nitrogens with zero attached hydrogens (tertiary/aromatic N) is 3. The molecule has 1 saturated heterocycles. The van der Waals surface area contributed by atoms with Crippen LogP contribution in [0.4, 0.5) is 0 Å². The van der Waals surface area contributed by atoms with Crippen LogP contribution >= 0.6 is 11.6 Å². The van der Waals surface area contributed by atoms with Crippen LogP contribution in [0.15, 0.2) is 15.8 Å². The van der Waals surface area contributed by atoms with E-state index in [-0.39, 0.29) is 5.04 Å². The lowest BCUT2D eigenvalue weighted by molar-refractivity contribution is 0.0105. The number of hydrogen-bond acceptors (Lipinski definition) is 5. The SMILES string of the molecule is CC(C)(C)[Si](C)(C)OC1CN(C2=C(Cl)C(N)=NCN2C2CC2)C1. The van der Waals surface area contributed by atoms with Gasteiger partial charge >= 0.3 is 0 Å². The monoisotopic (exact) mass is 356 g/mol. The molecule has 0 spiro atoms. The zero-order valence-corrected chi connectivity index (χ0v) is 16.7. The quantitative estimate of drug-likeness (QED) is 0.787. The largest absolute Gasteiger partial charge is 0.410 e. The lowest BCUT2D eigenvalue weighted by Gasteiger charge is -2.50. The van der Waals surface area contributed by atoms with Crippen molar-refractivity contribution in [3.63, 3.8) is 0 Å². The van der Waals surface area contributed by atoms with Crippen molar-refractivity contribution >= 4 is 25.8 Å². The van der Waals surface area contributed by atoms with Crippen molar-refractivity contribution in [1.29, 1.82) is 0 Å². The Morgan fingerprint density at radius 3 is 2.39 bits per heavy atom. The fourth-order valence-electron chi connectivity index (χ4n) is 2.80. The predicted octanol–water partition coefficient (Wildman–Crippen LogP) is 2.89. The van der Waals surface area contributed by atoms with E-state index < -0.39 is 8.32 Å².